The van der Waals surface area contributed by atoms with E-state index in [1.807, 2.05) is 30.3 Å². The van der Waals surface area contributed by atoms with Crippen molar-refractivity contribution in [1.82, 2.24) is 10.3 Å². The highest BCUT2D eigenvalue weighted by atomic mass is 16.5. The van der Waals surface area contributed by atoms with E-state index in [4.69, 9.17) is 16.2 Å². The Morgan fingerprint density at radius 3 is 2.38 bits per heavy atom. The third-order valence-electron chi connectivity index (χ3n) is 3.07. The summed E-state index contributed by atoms with van der Waals surface area (Å²) in [7, 11) is 0. The van der Waals surface area contributed by atoms with Crippen LogP contribution in [0.5, 0.6) is 5.88 Å². The number of hydrogen-bond donors (Lipinski definition) is 3. The van der Waals surface area contributed by atoms with Gasteiger partial charge in [-0.2, -0.15) is 0 Å². The number of ether oxygens (including phenoxy) is 1. The molecule has 2 aromatic rings. The Labute approximate surface area is 137 Å². The minimum absolute atomic E-state index is 0.153. The van der Waals surface area contributed by atoms with Crippen molar-refractivity contribution >= 4 is 17.7 Å². The van der Waals surface area contributed by atoms with Gasteiger partial charge in [0.15, 0.2) is 6.04 Å². The van der Waals surface area contributed by atoms with E-state index in [-0.39, 0.29) is 18.1 Å². The summed E-state index contributed by atoms with van der Waals surface area (Å²) < 4.78 is 5.51. The maximum absolute atomic E-state index is 12.1. The molecule has 0 spiro atoms. The number of carbonyl (C=O) groups is 3. The predicted octanol–water partition coefficient (Wildman–Crippen LogP) is -0.270. The van der Waals surface area contributed by atoms with Crippen LogP contribution < -0.4 is 21.5 Å². The molecule has 0 bridgehead atoms. The van der Waals surface area contributed by atoms with Crippen LogP contribution in [0.3, 0.4) is 0 Å². The number of hydrogen-bond acceptors (Lipinski definition) is 5. The van der Waals surface area contributed by atoms with Crippen LogP contribution in [0.25, 0.3) is 0 Å². The molecule has 0 fully saturated rings. The fraction of sp³-hybridized carbons (Fsp3) is 0.125. The first-order chi connectivity index (χ1) is 11.5. The first-order valence-corrected chi connectivity index (χ1v) is 6.99. The molecule has 1 aromatic carbocycles. The quantitative estimate of drug-likeness (QED) is 0.601. The molecule has 0 radical (unpaired) electrons. The highest BCUT2D eigenvalue weighted by Crippen LogP contribution is 2.12. The molecule has 8 heteroatoms. The lowest BCUT2D eigenvalue weighted by Crippen LogP contribution is -2.52. The maximum Gasteiger partial charge on any atom is 0.252 e. The maximum atomic E-state index is 12.1. The average Bonchev–Trinajstić information content (AvgIpc) is 2.58. The summed E-state index contributed by atoms with van der Waals surface area (Å²) in [4.78, 5) is 38.3. The first kappa shape index (κ1) is 16.9. The van der Waals surface area contributed by atoms with Crippen LogP contribution in [0.2, 0.25) is 0 Å². The molecule has 0 aliphatic heterocycles. The molecule has 0 aliphatic carbocycles. The van der Waals surface area contributed by atoms with Crippen molar-refractivity contribution < 1.29 is 19.1 Å². The second-order valence-corrected chi connectivity index (χ2v) is 4.87. The summed E-state index contributed by atoms with van der Waals surface area (Å²) in [5.41, 5.74) is 11.1. The lowest BCUT2D eigenvalue weighted by molar-refractivity contribution is -0.128. The molecule has 0 aliphatic rings. The minimum atomic E-state index is -1.58. The third kappa shape index (κ3) is 4.54. The molecule has 0 unspecified atom stereocenters. The van der Waals surface area contributed by atoms with Gasteiger partial charge >= 0.3 is 0 Å². The number of aromatic nitrogens is 1. The first-order valence-electron chi connectivity index (χ1n) is 6.99. The molecule has 5 N–H and O–H groups in total. The van der Waals surface area contributed by atoms with E-state index >= 15 is 0 Å². The van der Waals surface area contributed by atoms with Crippen molar-refractivity contribution in [2.45, 2.75) is 12.6 Å². The van der Waals surface area contributed by atoms with E-state index in [1.54, 1.807) is 0 Å². The second-order valence-electron chi connectivity index (χ2n) is 4.87. The molecule has 0 saturated heterocycles. The van der Waals surface area contributed by atoms with Gasteiger partial charge in [-0.1, -0.05) is 30.3 Å². The Hall–Kier alpha value is -3.42. The fourth-order valence-corrected chi connectivity index (χ4v) is 1.86. The van der Waals surface area contributed by atoms with E-state index < -0.39 is 23.8 Å². The van der Waals surface area contributed by atoms with Gasteiger partial charge in [-0.15, -0.1) is 0 Å². The zero-order valence-corrected chi connectivity index (χ0v) is 12.6. The summed E-state index contributed by atoms with van der Waals surface area (Å²) in [6, 6.07) is 10.6. The standard InChI is InChI=1S/C16H16N4O4/c17-14(21)13(15(18)22)20-16(23)11-6-7-19-12(8-11)24-9-10-4-2-1-3-5-10/h1-8,13H,9H2,(H2,17,21)(H2,18,22)(H,20,23). The molecule has 1 aromatic heterocycles. The number of primary amides is 2. The van der Waals surface area contributed by atoms with Gasteiger partial charge in [0.1, 0.15) is 6.61 Å². The fourth-order valence-electron chi connectivity index (χ4n) is 1.86. The molecule has 0 saturated carbocycles. The van der Waals surface area contributed by atoms with Crippen LogP contribution in [0.15, 0.2) is 48.7 Å². The van der Waals surface area contributed by atoms with Crippen LogP contribution in [0.4, 0.5) is 0 Å². The van der Waals surface area contributed by atoms with Gasteiger partial charge in [-0.05, 0) is 11.6 Å². The summed E-state index contributed by atoms with van der Waals surface area (Å²) in [6.45, 7) is 0.282. The molecule has 8 nitrogen and oxygen atoms in total. The van der Waals surface area contributed by atoms with Crippen LogP contribution in [-0.4, -0.2) is 28.7 Å². The van der Waals surface area contributed by atoms with E-state index in [2.05, 4.69) is 10.3 Å². The zero-order valence-electron chi connectivity index (χ0n) is 12.6. The van der Waals surface area contributed by atoms with E-state index in [9.17, 15) is 14.4 Å². The molecule has 3 amide bonds. The molecule has 0 atom stereocenters. The Kier molecular flexibility index (Phi) is 5.45. The van der Waals surface area contributed by atoms with Gasteiger partial charge in [-0.3, -0.25) is 14.4 Å². The zero-order chi connectivity index (χ0) is 17.5. The third-order valence-corrected chi connectivity index (χ3v) is 3.07. The van der Waals surface area contributed by atoms with Gasteiger partial charge in [-0.25, -0.2) is 4.98 Å². The van der Waals surface area contributed by atoms with Crippen molar-refractivity contribution in [2.24, 2.45) is 11.5 Å². The van der Waals surface area contributed by atoms with Gasteiger partial charge in [0, 0.05) is 17.8 Å². The highest BCUT2D eigenvalue weighted by Gasteiger charge is 2.24. The Balaban J connectivity index is 2.05. The monoisotopic (exact) mass is 328 g/mol. The summed E-state index contributed by atoms with van der Waals surface area (Å²) >= 11 is 0. The Morgan fingerprint density at radius 2 is 1.75 bits per heavy atom. The van der Waals surface area contributed by atoms with E-state index in [0.29, 0.717) is 0 Å². The van der Waals surface area contributed by atoms with Crippen molar-refractivity contribution in [3.63, 3.8) is 0 Å². The number of pyridine rings is 1. The average molecular weight is 328 g/mol. The minimum Gasteiger partial charge on any atom is -0.473 e. The topological polar surface area (TPSA) is 137 Å². The smallest absolute Gasteiger partial charge is 0.252 e. The van der Waals surface area contributed by atoms with Crippen LogP contribution in [-0.2, 0) is 16.2 Å². The Bertz CT molecular complexity index is 735. The molecule has 2 rings (SSSR count). The predicted molar refractivity (Wildman–Crippen MR) is 84.7 cm³/mol. The van der Waals surface area contributed by atoms with E-state index in [0.717, 1.165) is 5.56 Å². The number of nitrogens with two attached hydrogens (primary N) is 2. The normalized spacial score (nSPS) is 10.2. The van der Waals surface area contributed by atoms with Crippen molar-refractivity contribution in [2.75, 3.05) is 0 Å². The van der Waals surface area contributed by atoms with Gasteiger partial charge in [0.05, 0.1) is 0 Å². The molecular weight excluding hydrogens is 312 g/mol. The second kappa shape index (κ2) is 7.73. The van der Waals surface area contributed by atoms with Crippen molar-refractivity contribution in [3.8, 4) is 5.88 Å². The van der Waals surface area contributed by atoms with Gasteiger partial charge in [0.25, 0.3) is 5.91 Å². The largest absolute Gasteiger partial charge is 0.473 e. The molecule has 24 heavy (non-hydrogen) atoms. The summed E-state index contributed by atoms with van der Waals surface area (Å²) in [6.07, 6.45) is 1.37. The van der Waals surface area contributed by atoms with Gasteiger partial charge in [0.2, 0.25) is 17.7 Å². The number of rotatable bonds is 7. The summed E-state index contributed by atoms with van der Waals surface area (Å²) in [5, 5.41) is 2.16. The number of nitrogens with zero attached hydrogens (tertiary/aromatic N) is 1. The number of benzene rings is 1. The number of carbonyl (C=O) groups excluding carboxylic acids is 3. The molecule has 1 heterocycles. The van der Waals surface area contributed by atoms with E-state index in [1.165, 1.54) is 18.3 Å². The van der Waals surface area contributed by atoms with Crippen LogP contribution >= 0.6 is 0 Å². The summed E-state index contributed by atoms with van der Waals surface area (Å²) in [5.74, 6) is -2.54. The highest BCUT2D eigenvalue weighted by molar-refractivity contribution is 6.08. The number of amides is 3. The van der Waals surface area contributed by atoms with Crippen LogP contribution in [0, 0.1) is 0 Å². The lowest BCUT2D eigenvalue weighted by Gasteiger charge is -2.12. The van der Waals surface area contributed by atoms with Crippen molar-refractivity contribution in [3.05, 3.63) is 59.8 Å². The van der Waals surface area contributed by atoms with Crippen LogP contribution in [0.1, 0.15) is 15.9 Å². The lowest BCUT2D eigenvalue weighted by atomic mass is 10.2. The molecular formula is C16H16N4O4. The van der Waals surface area contributed by atoms with Gasteiger partial charge < -0.3 is 21.5 Å². The SMILES string of the molecule is NC(=O)C(NC(=O)c1ccnc(OCc2ccccc2)c1)C(N)=O. The Morgan fingerprint density at radius 1 is 1.08 bits per heavy atom. The number of nitrogens with one attached hydrogen (secondary N) is 1. The molecule has 124 valence electrons. The van der Waals surface area contributed by atoms with Crippen molar-refractivity contribution in [1.29, 1.82) is 0 Å².